The minimum absolute atomic E-state index is 0.358. The molecule has 0 saturated carbocycles. The Bertz CT molecular complexity index is 666. The Hall–Kier alpha value is -1.66. The average molecular weight is 299 g/mol. The lowest BCUT2D eigenvalue weighted by Crippen LogP contribution is -2.37. The molecule has 19 heavy (non-hydrogen) atoms. The molecule has 0 fully saturated rings. The van der Waals surface area contributed by atoms with E-state index in [2.05, 4.69) is 10.3 Å². The summed E-state index contributed by atoms with van der Waals surface area (Å²) in [4.78, 5) is 27.0. The molecule has 0 atom stereocenters. The molecule has 0 aliphatic rings. The molecule has 0 unspecified atom stereocenters. The van der Waals surface area contributed by atoms with Crippen LogP contribution in [0.25, 0.3) is 10.2 Å². The highest BCUT2D eigenvalue weighted by Gasteiger charge is 2.36. The largest absolute Gasteiger partial charge is 0.480 e. The van der Waals surface area contributed by atoms with E-state index in [0.717, 1.165) is 4.70 Å². The van der Waals surface area contributed by atoms with Crippen LogP contribution in [0.3, 0.4) is 0 Å². The first kappa shape index (κ1) is 13.8. The van der Waals surface area contributed by atoms with Gasteiger partial charge >= 0.3 is 5.97 Å². The van der Waals surface area contributed by atoms with Crippen molar-refractivity contribution in [1.82, 2.24) is 4.98 Å². The van der Waals surface area contributed by atoms with E-state index in [0.29, 0.717) is 15.7 Å². The third-order valence-corrected chi connectivity index (χ3v) is 3.84. The number of hydrogen-bond donors (Lipinski definition) is 2. The molecule has 0 spiro atoms. The number of hydrogen-bond acceptors (Lipinski definition) is 4. The van der Waals surface area contributed by atoms with Crippen LogP contribution in [0.1, 0.15) is 13.8 Å². The van der Waals surface area contributed by atoms with Gasteiger partial charge in [-0.05, 0) is 32.0 Å². The molecular weight excluding hydrogens is 288 g/mol. The number of nitrogens with one attached hydrogen (secondary N) is 1. The predicted molar refractivity (Wildman–Crippen MR) is 74.7 cm³/mol. The zero-order valence-corrected chi connectivity index (χ0v) is 11.8. The lowest BCUT2D eigenvalue weighted by Gasteiger charge is -2.16. The molecule has 1 amide bonds. The number of aromatic nitrogens is 1. The Morgan fingerprint density at radius 2 is 2.11 bits per heavy atom. The molecule has 2 aromatic rings. The van der Waals surface area contributed by atoms with Gasteiger partial charge in [0.1, 0.15) is 5.41 Å². The maximum atomic E-state index is 11.9. The molecule has 7 heteroatoms. The van der Waals surface area contributed by atoms with Crippen LogP contribution in [0, 0.1) is 5.41 Å². The third-order valence-electron chi connectivity index (χ3n) is 2.67. The van der Waals surface area contributed by atoms with Crippen LogP contribution >= 0.6 is 22.9 Å². The van der Waals surface area contributed by atoms with Crippen molar-refractivity contribution in [2.75, 3.05) is 5.32 Å². The number of halogens is 1. The van der Waals surface area contributed by atoms with Gasteiger partial charge in [-0.3, -0.25) is 9.59 Å². The van der Waals surface area contributed by atoms with Gasteiger partial charge in [0.15, 0.2) is 5.13 Å². The topological polar surface area (TPSA) is 79.3 Å². The molecule has 2 rings (SSSR count). The van der Waals surface area contributed by atoms with Crippen molar-refractivity contribution in [2.24, 2.45) is 5.41 Å². The molecule has 1 aromatic carbocycles. The van der Waals surface area contributed by atoms with Gasteiger partial charge in [-0.1, -0.05) is 22.9 Å². The molecule has 0 bridgehead atoms. The second-order valence-electron chi connectivity index (χ2n) is 4.52. The van der Waals surface area contributed by atoms with E-state index in [4.69, 9.17) is 16.7 Å². The molecule has 0 radical (unpaired) electrons. The van der Waals surface area contributed by atoms with Crippen molar-refractivity contribution in [3.05, 3.63) is 23.2 Å². The summed E-state index contributed by atoms with van der Waals surface area (Å²) in [6.45, 7) is 2.68. The number of aliphatic carboxylic acids is 1. The van der Waals surface area contributed by atoms with Crippen molar-refractivity contribution < 1.29 is 14.7 Å². The fourth-order valence-electron chi connectivity index (χ4n) is 1.30. The van der Waals surface area contributed by atoms with Gasteiger partial charge in [-0.25, -0.2) is 4.98 Å². The summed E-state index contributed by atoms with van der Waals surface area (Å²) in [6, 6.07) is 5.19. The van der Waals surface area contributed by atoms with Crippen molar-refractivity contribution >= 4 is 50.2 Å². The number of amides is 1. The van der Waals surface area contributed by atoms with Gasteiger partial charge in [0, 0.05) is 5.02 Å². The summed E-state index contributed by atoms with van der Waals surface area (Å²) in [6.07, 6.45) is 0. The lowest BCUT2D eigenvalue weighted by atomic mass is 9.93. The van der Waals surface area contributed by atoms with E-state index < -0.39 is 17.3 Å². The van der Waals surface area contributed by atoms with Crippen molar-refractivity contribution in [2.45, 2.75) is 13.8 Å². The maximum Gasteiger partial charge on any atom is 0.318 e. The number of carbonyl (C=O) groups is 2. The van der Waals surface area contributed by atoms with Crippen LogP contribution in [-0.2, 0) is 9.59 Å². The Balaban J connectivity index is 2.27. The standard InChI is InChI=1S/C12H11ClN2O3S/c1-12(2,10(17)18)9(16)15-11-14-7-4-3-6(13)5-8(7)19-11/h3-5H,1-2H3,(H,17,18)(H,14,15,16). The van der Waals surface area contributed by atoms with Crippen LogP contribution in [0.5, 0.6) is 0 Å². The summed E-state index contributed by atoms with van der Waals surface area (Å²) < 4.78 is 0.830. The molecule has 100 valence electrons. The van der Waals surface area contributed by atoms with Gasteiger partial charge in [0.25, 0.3) is 0 Å². The van der Waals surface area contributed by atoms with E-state index in [-0.39, 0.29) is 0 Å². The first-order chi connectivity index (χ1) is 8.80. The second-order valence-corrected chi connectivity index (χ2v) is 5.98. The van der Waals surface area contributed by atoms with Crippen LogP contribution in [-0.4, -0.2) is 22.0 Å². The summed E-state index contributed by atoms with van der Waals surface area (Å²) >= 11 is 7.11. The van der Waals surface area contributed by atoms with E-state index in [1.807, 2.05) is 0 Å². The van der Waals surface area contributed by atoms with Crippen LogP contribution in [0.4, 0.5) is 5.13 Å². The van der Waals surface area contributed by atoms with Crippen LogP contribution < -0.4 is 5.32 Å². The quantitative estimate of drug-likeness (QED) is 0.854. The zero-order valence-electron chi connectivity index (χ0n) is 10.2. The number of thiazole rings is 1. The molecule has 2 N–H and O–H groups in total. The Morgan fingerprint density at radius 3 is 2.74 bits per heavy atom. The fourth-order valence-corrected chi connectivity index (χ4v) is 2.44. The van der Waals surface area contributed by atoms with E-state index in [9.17, 15) is 9.59 Å². The van der Waals surface area contributed by atoms with Crippen LogP contribution in [0.15, 0.2) is 18.2 Å². The smallest absolute Gasteiger partial charge is 0.318 e. The lowest BCUT2D eigenvalue weighted by molar-refractivity contribution is -0.151. The fraction of sp³-hybridized carbons (Fsp3) is 0.250. The number of carboxylic acids is 1. The Labute approximate surface area is 118 Å². The number of carbonyl (C=O) groups excluding carboxylic acids is 1. The summed E-state index contributed by atoms with van der Waals surface area (Å²) in [5, 5.41) is 12.4. The Kier molecular flexibility index (Phi) is 3.47. The van der Waals surface area contributed by atoms with E-state index >= 15 is 0 Å². The molecule has 0 aliphatic carbocycles. The first-order valence-corrected chi connectivity index (χ1v) is 6.61. The van der Waals surface area contributed by atoms with Gasteiger partial charge in [-0.15, -0.1) is 0 Å². The maximum absolute atomic E-state index is 11.9. The minimum Gasteiger partial charge on any atom is -0.480 e. The normalized spacial score (nSPS) is 11.5. The minimum atomic E-state index is -1.50. The second kappa shape index (κ2) is 4.79. The summed E-state index contributed by atoms with van der Waals surface area (Å²) in [5.41, 5.74) is -0.798. The monoisotopic (exact) mass is 298 g/mol. The summed E-state index contributed by atoms with van der Waals surface area (Å²) in [7, 11) is 0. The van der Waals surface area contributed by atoms with E-state index in [1.165, 1.54) is 25.2 Å². The number of anilines is 1. The van der Waals surface area contributed by atoms with Gasteiger partial charge < -0.3 is 10.4 Å². The molecule has 1 heterocycles. The van der Waals surface area contributed by atoms with E-state index in [1.54, 1.807) is 18.2 Å². The average Bonchev–Trinajstić information content (AvgIpc) is 2.69. The molecule has 0 aliphatic heterocycles. The van der Waals surface area contributed by atoms with Gasteiger partial charge in [0.2, 0.25) is 5.91 Å². The molecule has 5 nitrogen and oxygen atoms in total. The SMILES string of the molecule is CC(C)(C(=O)O)C(=O)Nc1nc2ccc(Cl)cc2s1. The van der Waals surface area contributed by atoms with Crippen molar-refractivity contribution in [3.63, 3.8) is 0 Å². The zero-order chi connectivity index (χ0) is 14.2. The molecule has 0 saturated heterocycles. The van der Waals surface area contributed by atoms with Crippen molar-refractivity contribution in [1.29, 1.82) is 0 Å². The Morgan fingerprint density at radius 1 is 1.42 bits per heavy atom. The summed E-state index contributed by atoms with van der Waals surface area (Å²) in [5.74, 6) is -1.79. The number of benzene rings is 1. The van der Waals surface area contributed by atoms with Gasteiger partial charge in [-0.2, -0.15) is 0 Å². The third kappa shape index (κ3) is 2.69. The highest BCUT2D eigenvalue weighted by Crippen LogP contribution is 2.29. The van der Waals surface area contributed by atoms with Crippen molar-refractivity contribution in [3.8, 4) is 0 Å². The number of nitrogens with zero attached hydrogens (tertiary/aromatic N) is 1. The van der Waals surface area contributed by atoms with Crippen LogP contribution in [0.2, 0.25) is 5.02 Å². The number of rotatable bonds is 3. The number of fused-ring (bicyclic) bond motifs is 1. The highest BCUT2D eigenvalue weighted by atomic mass is 35.5. The first-order valence-electron chi connectivity index (χ1n) is 5.41. The van der Waals surface area contributed by atoms with Gasteiger partial charge in [0.05, 0.1) is 10.2 Å². The highest BCUT2D eigenvalue weighted by molar-refractivity contribution is 7.22. The predicted octanol–water partition coefficient (Wildman–Crippen LogP) is 3.00. The number of carboxylic acid groups (broad SMARTS) is 1. The molecular formula is C12H11ClN2O3S. The molecule has 1 aromatic heterocycles.